The molecule has 0 saturated heterocycles. The first-order chi connectivity index (χ1) is 13.0. The van der Waals surface area contributed by atoms with Gasteiger partial charge in [0.2, 0.25) is 0 Å². The summed E-state index contributed by atoms with van der Waals surface area (Å²) < 4.78 is 18.0. The number of benzene rings is 2. The minimum Gasteiger partial charge on any atom is -0.398 e. The summed E-state index contributed by atoms with van der Waals surface area (Å²) in [5.41, 5.74) is 0. The maximum absolute atomic E-state index is 11.3. The average Bonchev–Trinajstić information content (AvgIpc) is 2.61. The Balaban J connectivity index is 2.70. The lowest BCUT2D eigenvalue weighted by Gasteiger charge is -2.45. The lowest BCUT2D eigenvalue weighted by Crippen LogP contribution is -2.68. The quantitative estimate of drug-likeness (QED) is 0.474. The molecule has 3 N–H and O–H groups in total. The molecule has 0 fully saturated rings. The van der Waals surface area contributed by atoms with E-state index in [2.05, 4.69) is 20.8 Å². The fourth-order valence-corrected chi connectivity index (χ4v) is 8.48. The Hall–Kier alpha value is -1.53. The predicted molar refractivity (Wildman–Crippen MR) is 115 cm³/mol. The highest BCUT2D eigenvalue weighted by Crippen LogP contribution is 2.39. The van der Waals surface area contributed by atoms with Gasteiger partial charge in [0, 0.05) is 5.82 Å². The van der Waals surface area contributed by atoms with Crippen molar-refractivity contribution in [3.8, 4) is 0 Å². The van der Waals surface area contributed by atoms with Crippen molar-refractivity contribution in [2.75, 3.05) is 0 Å². The van der Waals surface area contributed by atoms with Crippen LogP contribution in [0.2, 0.25) is 5.04 Å². The number of hydrogen-bond acceptors (Lipinski definition) is 3. The van der Waals surface area contributed by atoms with Crippen LogP contribution in [0.25, 0.3) is 0 Å². The molecule has 152 valence electrons. The van der Waals surface area contributed by atoms with E-state index in [4.69, 9.17) is 4.43 Å². The van der Waals surface area contributed by atoms with Gasteiger partial charge in [-0.05, 0) is 28.4 Å². The van der Waals surface area contributed by atoms with Gasteiger partial charge in [-0.15, -0.1) is 0 Å². The number of aliphatic hydroxyl groups is 1. The second-order valence-electron chi connectivity index (χ2n) is 7.92. The minimum absolute atomic E-state index is 0.307. The third-order valence-corrected chi connectivity index (χ3v) is 10.3. The Morgan fingerprint density at radius 3 is 1.71 bits per heavy atom. The molecule has 2 aromatic rings. The fraction of sp³-hybridized carbons (Fsp3) is 0.333. The van der Waals surface area contributed by atoms with Crippen LogP contribution in [-0.4, -0.2) is 35.4 Å². The highest BCUT2D eigenvalue weighted by atomic mass is 31.2. The van der Waals surface area contributed by atoms with Crippen LogP contribution in [-0.2, 0) is 8.99 Å². The summed E-state index contributed by atoms with van der Waals surface area (Å²) in [6.45, 7) is 7.87. The molecule has 2 unspecified atom stereocenters. The number of hydrogen-bond donors (Lipinski definition) is 3. The van der Waals surface area contributed by atoms with Crippen molar-refractivity contribution in [3.05, 3.63) is 72.6 Å². The molecule has 5 nitrogen and oxygen atoms in total. The number of rotatable bonds is 7. The first kappa shape index (κ1) is 22.8. The largest absolute Gasteiger partial charge is 0.398 e. The molecule has 0 bridgehead atoms. The maximum atomic E-state index is 11.3. The van der Waals surface area contributed by atoms with E-state index >= 15 is 0 Å². The van der Waals surface area contributed by atoms with Crippen LogP contribution in [0.4, 0.5) is 0 Å². The lowest BCUT2D eigenvalue weighted by atomic mass is 10.2. The summed E-state index contributed by atoms with van der Waals surface area (Å²) in [6, 6.07) is 19.8. The second kappa shape index (κ2) is 8.87. The van der Waals surface area contributed by atoms with Crippen LogP contribution in [0.5, 0.6) is 0 Å². The molecule has 0 spiro atoms. The minimum atomic E-state index is -4.37. The van der Waals surface area contributed by atoms with Crippen molar-refractivity contribution >= 4 is 26.3 Å². The zero-order valence-corrected chi connectivity index (χ0v) is 18.6. The van der Waals surface area contributed by atoms with Crippen LogP contribution in [0, 0.1) is 0 Å². The third-order valence-electron chi connectivity index (χ3n) is 4.68. The standard InChI is InChI=1S/C21H29O5PSi/c1-17(22)20(15-16-27(23,24)25)26-28(21(2,3)4,18-11-7-5-8-12-18)19-13-9-6-10-14-19/h5-17,20,22H,1-4H3,(H2,23,24,25). The topological polar surface area (TPSA) is 87.0 Å². The summed E-state index contributed by atoms with van der Waals surface area (Å²) in [5.74, 6) is 0.808. The molecule has 0 aliphatic heterocycles. The van der Waals surface area contributed by atoms with Gasteiger partial charge >= 0.3 is 7.60 Å². The first-order valence-electron chi connectivity index (χ1n) is 9.19. The highest BCUT2D eigenvalue weighted by molar-refractivity contribution is 7.55. The van der Waals surface area contributed by atoms with E-state index in [9.17, 15) is 19.5 Å². The van der Waals surface area contributed by atoms with Gasteiger partial charge in [0.05, 0.1) is 12.2 Å². The summed E-state index contributed by atoms with van der Waals surface area (Å²) in [6.07, 6.45) is -0.520. The number of aliphatic hydroxyl groups excluding tert-OH is 1. The average molecular weight is 421 g/mol. The van der Waals surface area contributed by atoms with Crippen molar-refractivity contribution in [1.82, 2.24) is 0 Å². The molecule has 0 radical (unpaired) electrons. The van der Waals surface area contributed by atoms with E-state index in [1.807, 2.05) is 60.7 Å². The van der Waals surface area contributed by atoms with E-state index in [1.165, 1.54) is 6.08 Å². The summed E-state index contributed by atoms with van der Waals surface area (Å²) in [7, 11) is -7.30. The Labute approximate surface area is 168 Å². The van der Waals surface area contributed by atoms with Gasteiger partial charge < -0.3 is 19.3 Å². The molecule has 0 amide bonds. The van der Waals surface area contributed by atoms with Crippen molar-refractivity contribution in [2.24, 2.45) is 0 Å². The molecule has 28 heavy (non-hydrogen) atoms. The van der Waals surface area contributed by atoms with Crippen molar-refractivity contribution in [1.29, 1.82) is 0 Å². The van der Waals surface area contributed by atoms with Crippen LogP contribution >= 0.6 is 7.60 Å². The summed E-state index contributed by atoms with van der Waals surface area (Å²) in [4.78, 5) is 18.5. The first-order valence-corrected chi connectivity index (χ1v) is 12.8. The van der Waals surface area contributed by atoms with E-state index in [0.717, 1.165) is 16.2 Å². The zero-order chi connectivity index (χ0) is 21.0. The molecular formula is C21H29O5PSi. The van der Waals surface area contributed by atoms with Gasteiger partial charge in [-0.2, -0.15) is 0 Å². The Morgan fingerprint density at radius 1 is 0.964 bits per heavy atom. The molecule has 0 saturated carbocycles. The summed E-state index contributed by atoms with van der Waals surface area (Å²) in [5, 5.41) is 12.1. The molecular weight excluding hydrogens is 391 g/mol. The van der Waals surface area contributed by atoms with Gasteiger partial charge in [-0.25, -0.2) is 0 Å². The van der Waals surface area contributed by atoms with Gasteiger partial charge in [0.25, 0.3) is 8.32 Å². The smallest absolute Gasteiger partial charge is 0.348 e. The van der Waals surface area contributed by atoms with Crippen molar-refractivity contribution in [2.45, 2.75) is 44.9 Å². The normalized spacial score (nSPS) is 15.5. The molecule has 0 aliphatic carbocycles. The van der Waals surface area contributed by atoms with Gasteiger partial charge in [-0.3, -0.25) is 4.57 Å². The maximum Gasteiger partial charge on any atom is 0.348 e. The van der Waals surface area contributed by atoms with Crippen LogP contribution in [0.3, 0.4) is 0 Å². The third kappa shape index (κ3) is 5.29. The molecule has 0 aromatic heterocycles. The molecule has 2 rings (SSSR count). The Kier molecular flexibility index (Phi) is 7.20. The highest BCUT2D eigenvalue weighted by Gasteiger charge is 2.51. The van der Waals surface area contributed by atoms with Gasteiger partial charge in [0.15, 0.2) is 0 Å². The predicted octanol–water partition coefficient (Wildman–Crippen LogP) is 3.00. The fourth-order valence-electron chi connectivity index (χ4n) is 3.39. The van der Waals surface area contributed by atoms with Crippen molar-refractivity contribution in [3.63, 3.8) is 0 Å². The Bertz CT molecular complexity index is 785. The van der Waals surface area contributed by atoms with E-state index in [0.29, 0.717) is 0 Å². The van der Waals surface area contributed by atoms with Gasteiger partial charge in [-0.1, -0.05) is 81.4 Å². The van der Waals surface area contributed by atoms with Crippen molar-refractivity contribution < 1.29 is 23.9 Å². The van der Waals surface area contributed by atoms with E-state index < -0.39 is 28.1 Å². The zero-order valence-electron chi connectivity index (χ0n) is 16.7. The SMILES string of the molecule is CC(O)C(C=CP(=O)(O)O)O[Si](c1ccccc1)(c1ccccc1)C(C)(C)C. The second-order valence-corrected chi connectivity index (χ2v) is 13.6. The Morgan fingerprint density at radius 2 is 1.39 bits per heavy atom. The lowest BCUT2D eigenvalue weighted by molar-refractivity contribution is 0.0713. The molecule has 0 heterocycles. The molecule has 2 aromatic carbocycles. The molecule has 2 atom stereocenters. The molecule has 7 heteroatoms. The van der Waals surface area contributed by atoms with Crippen LogP contribution in [0.1, 0.15) is 27.7 Å². The van der Waals surface area contributed by atoms with Crippen LogP contribution < -0.4 is 10.4 Å². The van der Waals surface area contributed by atoms with E-state index in [1.54, 1.807) is 6.92 Å². The van der Waals surface area contributed by atoms with E-state index in [-0.39, 0.29) is 5.04 Å². The monoisotopic (exact) mass is 420 g/mol. The van der Waals surface area contributed by atoms with Crippen LogP contribution in [0.15, 0.2) is 72.6 Å². The van der Waals surface area contributed by atoms with Gasteiger partial charge in [0.1, 0.15) is 0 Å². The summed E-state index contributed by atoms with van der Waals surface area (Å²) >= 11 is 0. The molecule has 0 aliphatic rings.